The van der Waals surface area contributed by atoms with Crippen molar-refractivity contribution in [2.75, 3.05) is 13.3 Å². The smallest absolute Gasteiger partial charge is 0.273 e. The third-order valence-electron chi connectivity index (χ3n) is 2.87. The van der Waals surface area contributed by atoms with Crippen LogP contribution in [-0.2, 0) is 13.1 Å². The minimum absolute atomic E-state index is 0.0742. The van der Waals surface area contributed by atoms with Crippen molar-refractivity contribution in [3.8, 4) is 0 Å². The van der Waals surface area contributed by atoms with Crippen molar-refractivity contribution in [1.29, 1.82) is 0 Å². The summed E-state index contributed by atoms with van der Waals surface area (Å²) in [5, 5.41) is 2.55. The summed E-state index contributed by atoms with van der Waals surface area (Å²) in [6.45, 7) is 0.945. The van der Waals surface area contributed by atoms with E-state index in [0.717, 1.165) is 10.6 Å². The molecule has 0 aliphatic carbocycles. The molecule has 4 nitrogen and oxygen atoms in total. The summed E-state index contributed by atoms with van der Waals surface area (Å²) in [6.07, 6.45) is 2.04. The molecule has 20 heavy (non-hydrogen) atoms. The van der Waals surface area contributed by atoms with E-state index in [1.165, 1.54) is 16.2 Å². The van der Waals surface area contributed by atoms with E-state index < -0.39 is 0 Å². The second kappa shape index (κ2) is 6.88. The maximum Gasteiger partial charge on any atom is 0.273 e. The lowest BCUT2D eigenvalue weighted by atomic mass is 10.2. The Balaban J connectivity index is 2.02. The number of nitrogens with two attached hydrogens (primary N) is 1. The van der Waals surface area contributed by atoms with Gasteiger partial charge in [0, 0.05) is 30.4 Å². The van der Waals surface area contributed by atoms with Gasteiger partial charge in [-0.25, -0.2) is 4.98 Å². The number of thiazole rings is 1. The van der Waals surface area contributed by atoms with Gasteiger partial charge in [-0.2, -0.15) is 0 Å². The molecule has 1 aromatic carbocycles. The number of nitrogens with zero attached hydrogens (tertiary/aromatic N) is 2. The Labute approximate surface area is 127 Å². The Morgan fingerprint density at radius 1 is 1.40 bits per heavy atom. The van der Waals surface area contributed by atoms with Crippen LogP contribution in [0.3, 0.4) is 0 Å². The third kappa shape index (κ3) is 3.59. The topological polar surface area (TPSA) is 59.2 Å². The first-order valence-electron chi connectivity index (χ1n) is 6.17. The summed E-state index contributed by atoms with van der Waals surface area (Å²) in [5.41, 5.74) is 7.09. The Hall–Kier alpha value is -1.37. The van der Waals surface area contributed by atoms with Crippen molar-refractivity contribution in [2.24, 2.45) is 5.73 Å². The van der Waals surface area contributed by atoms with Gasteiger partial charge < -0.3 is 10.6 Å². The van der Waals surface area contributed by atoms with Gasteiger partial charge in [-0.05, 0) is 24.0 Å². The van der Waals surface area contributed by atoms with E-state index >= 15 is 0 Å². The highest BCUT2D eigenvalue weighted by molar-refractivity contribution is 7.98. The van der Waals surface area contributed by atoms with Gasteiger partial charge in [0.05, 0.1) is 0 Å². The fourth-order valence-corrected chi connectivity index (χ4v) is 2.83. The Morgan fingerprint density at radius 2 is 2.10 bits per heavy atom. The molecule has 0 bridgehead atoms. The van der Waals surface area contributed by atoms with Crippen molar-refractivity contribution < 1.29 is 4.79 Å². The van der Waals surface area contributed by atoms with Crippen LogP contribution < -0.4 is 5.73 Å². The number of amides is 1. The molecule has 1 heterocycles. The van der Waals surface area contributed by atoms with Gasteiger partial charge in [0.25, 0.3) is 5.91 Å². The molecule has 2 aromatic rings. The van der Waals surface area contributed by atoms with Crippen LogP contribution in [0.5, 0.6) is 0 Å². The molecule has 0 saturated heterocycles. The van der Waals surface area contributed by atoms with Gasteiger partial charge in [-0.1, -0.05) is 12.1 Å². The first-order chi connectivity index (χ1) is 9.63. The maximum absolute atomic E-state index is 12.2. The molecule has 0 atom stereocenters. The zero-order chi connectivity index (χ0) is 14.5. The van der Waals surface area contributed by atoms with E-state index in [1.807, 2.05) is 18.4 Å². The number of hydrogen-bond donors (Lipinski definition) is 1. The number of aromatic nitrogens is 1. The first kappa shape index (κ1) is 15.0. The van der Waals surface area contributed by atoms with Crippen LogP contribution >= 0.6 is 23.1 Å². The third-order valence-corrected chi connectivity index (χ3v) is 4.49. The Bertz CT molecular complexity index is 580. The molecular weight excluding hydrogens is 290 g/mol. The average molecular weight is 307 g/mol. The highest BCUT2D eigenvalue weighted by Crippen LogP contribution is 2.16. The van der Waals surface area contributed by atoms with E-state index in [0.29, 0.717) is 18.8 Å². The van der Waals surface area contributed by atoms with E-state index in [2.05, 4.69) is 17.1 Å². The van der Waals surface area contributed by atoms with Gasteiger partial charge >= 0.3 is 0 Å². The first-order valence-corrected chi connectivity index (χ1v) is 8.27. The largest absolute Gasteiger partial charge is 0.336 e. The van der Waals surface area contributed by atoms with E-state index in [9.17, 15) is 4.79 Å². The predicted octanol–water partition coefficient (Wildman–Crippen LogP) is 2.60. The fourth-order valence-electron chi connectivity index (χ4n) is 1.78. The van der Waals surface area contributed by atoms with Crippen LogP contribution in [0, 0.1) is 0 Å². The van der Waals surface area contributed by atoms with Crippen LogP contribution in [0.4, 0.5) is 0 Å². The van der Waals surface area contributed by atoms with Crippen LogP contribution in [0.1, 0.15) is 21.1 Å². The molecular formula is C14H17N3OS2. The summed E-state index contributed by atoms with van der Waals surface area (Å²) in [5.74, 6) is -0.0742. The van der Waals surface area contributed by atoms with E-state index in [1.54, 1.807) is 29.1 Å². The van der Waals surface area contributed by atoms with Crippen LogP contribution in [-0.4, -0.2) is 29.1 Å². The number of hydrogen-bond acceptors (Lipinski definition) is 5. The minimum atomic E-state index is -0.0742. The van der Waals surface area contributed by atoms with Crippen molar-refractivity contribution in [2.45, 2.75) is 18.0 Å². The van der Waals surface area contributed by atoms with Crippen molar-refractivity contribution >= 4 is 29.0 Å². The lowest BCUT2D eigenvalue weighted by Gasteiger charge is -2.16. The van der Waals surface area contributed by atoms with Gasteiger partial charge in [-0.3, -0.25) is 4.79 Å². The summed E-state index contributed by atoms with van der Waals surface area (Å²) < 4.78 is 0. The lowest BCUT2D eigenvalue weighted by molar-refractivity contribution is 0.0780. The fraction of sp³-hybridized carbons (Fsp3) is 0.286. The molecule has 0 radical (unpaired) electrons. The van der Waals surface area contributed by atoms with Crippen molar-refractivity contribution in [1.82, 2.24) is 9.88 Å². The van der Waals surface area contributed by atoms with Gasteiger partial charge in [0.15, 0.2) is 0 Å². The minimum Gasteiger partial charge on any atom is -0.336 e. The summed E-state index contributed by atoms with van der Waals surface area (Å²) in [4.78, 5) is 19.3. The molecule has 2 rings (SSSR count). The number of carbonyl (C=O) groups excluding carboxylic acids is 1. The Morgan fingerprint density at radius 3 is 2.65 bits per heavy atom. The molecule has 0 aliphatic rings. The molecule has 1 amide bonds. The monoisotopic (exact) mass is 307 g/mol. The molecule has 1 aromatic heterocycles. The van der Waals surface area contributed by atoms with Gasteiger partial charge in [0.1, 0.15) is 10.7 Å². The molecule has 6 heteroatoms. The average Bonchev–Trinajstić information content (AvgIpc) is 2.96. The highest BCUT2D eigenvalue weighted by Gasteiger charge is 2.15. The molecule has 0 fully saturated rings. The van der Waals surface area contributed by atoms with Crippen LogP contribution in [0.25, 0.3) is 0 Å². The van der Waals surface area contributed by atoms with E-state index in [-0.39, 0.29) is 5.91 Å². The zero-order valence-electron chi connectivity index (χ0n) is 11.5. The summed E-state index contributed by atoms with van der Waals surface area (Å²) in [7, 11) is 1.78. The van der Waals surface area contributed by atoms with Crippen molar-refractivity contribution in [3.63, 3.8) is 0 Å². The predicted molar refractivity (Wildman–Crippen MR) is 84.0 cm³/mol. The SMILES string of the molecule is CSc1ccc(CN(C)C(=O)c2csc(CN)n2)cc1. The lowest BCUT2D eigenvalue weighted by Crippen LogP contribution is -2.26. The molecule has 0 spiro atoms. The molecule has 2 N–H and O–H groups in total. The number of carbonyl (C=O) groups is 1. The highest BCUT2D eigenvalue weighted by atomic mass is 32.2. The maximum atomic E-state index is 12.2. The molecule has 0 saturated carbocycles. The van der Waals surface area contributed by atoms with Gasteiger partial charge in [-0.15, -0.1) is 23.1 Å². The summed E-state index contributed by atoms with van der Waals surface area (Å²) in [6, 6.07) is 8.21. The quantitative estimate of drug-likeness (QED) is 0.863. The van der Waals surface area contributed by atoms with Crippen LogP contribution in [0.2, 0.25) is 0 Å². The second-order valence-electron chi connectivity index (χ2n) is 4.34. The number of benzene rings is 1. The summed E-state index contributed by atoms with van der Waals surface area (Å²) >= 11 is 3.12. The van der Waals surface area contributed by atoms with Gasteiger partial charge in [0.2, 0.25) is 0 Å². The Kier molecular flexibility index (Phi) is 5.17. The number of thioether (sulfide) groups is 1. The normalized spacial score (nSPS) is 10.6. The zero-order valence-corrected chi connectivity index (χ0v) is 13.1. The number of rotatable bonds is 5. The molecule has 106 valence electrons. The standard InChI is InChI=1S/C14H17N3OS2/c1-17(8-10-3-5-11(19-2)6-4-10)14(18)12-9-20-13(7-15)16-12/h3-6,9H,7-8,15H2,1-2H3. The molecule has 0 unspecified atom stereocenters. The second-order valence-corrected chi connectivity index (χ2v) is 6.16. The molecule has 0 aliphatic heterocycles. The van der Waals surface area contributed by atoms with E-state index in [4.69, 9.17) is 5.73 Å². The van der Waals surface area contributed by atoms with Crippen molar-refractivity contribution in [3.05, 3.63) is 45.9 Å². The van der Waals surface area contributed by atoms with Crippen LogP contribution in [0.15, 0.2) is 34.5 Å².